The Morgan fingerprint density at radius 1 is 1.04 bits per heavy atom. The van der Waals surface area contributed by atoms with Gasteiger partial charge in [0.25, 0.3) is 5.91 Å². The van der Waals surface area contributed by atoms with Gasteiger partial charge in [0.15, 0.2) is 0 Å². The zero-order chi connectivity index (χ0) is 17.9. The number of hydrogen-bond donors (Lipinski definition) is 1. The number of carbonyl (C=O) groups excluding carboxylic acids is 1. The molecule has 0 saturated heterocycles. The molecule has 128 valence electrons. The molecule has 0 bridgehead atoms. The van der Waals surface area contributed by atoms with Gasteiger partial charge >= 0.3 is 0 Å². The van der Waals surface area contributed by atoms with Gasteiger partial charge in [-0.05, 0) is 63.2 Å². The van der Waals surface area contributed by atoms with Crippen LogP contribution in [0.3, 0.4) is 0 Å². The summed E-state index contributed by atoms with van der Waals surface area (Å²) < 4.78 is 6.42. The molecule has 2 aromatic rings. The molecule has 0 unspecified atom stereocenters. The van der Waals surface area contributed by atoms with Crippen molar-refractivity contribution in [3.8, 4) is 5.75 Å². The lowest BCUT2D eigenvalue weighted by atomic mass is 9.93. The van der Waals surface area contributed by atoms with Gasteiger partial charge in [-0.2, -0.15) is 0 Å². The lowest BCUT2D eigenvalue weighted by Gasteiger charge is -2.20. The maximum absolute atomic E-state index is 12.6. The second-order valence-electron chi connectivity index (χ2n) is 6.43. The highest BCUT2D eigenvalue weighted by Crippen LogP contribution is 2.37. The Morgan fingerprint density at radius 2 is 1.58 bits per heavy atom. The normalized spacial score (nSPS) is 11.0. The van der Waals surface area contributed by atoms with Crippen molar-refractivity contribution >= 4 is 27.5 Å². The standard InChI is InChI=1S/C20H24BrNO2/c1-12(2)16-10-14(11-17(13(3)4)19(16)24-5)22-20(23)15-8-6-7-9-18(15)21/h6-13H,1-5H3,(H,22,23). The summed E-state index contributed by atoms with van der Waals surface area (Å²) in [4.78, 5) is 12.6. The molecule has 0 spiro atoms. The Morgan fingerprint density at radius 3 is 2.04 bits per heavy atom. The summed E-state index contributed by atoms with van der Waals surface area (Å²) in [6.45, 7) is 8.51. The molecule has 1 amide bonds. The largest absolute Gasteiger partial charge is 0.496 e. The van der Waals surface area contributed by atoms with Crippen LogP contribution in [0, 0.1) is 0 Å². The fourth-order valence-electron chi connectivity index (χ4n) is 2.68. The van der Waals surface area contributed by atoms with Crippen LogP contribution < -0.4 is 10.1 Å². The first-order valence-corrected chi connectivity index (χ1v) is 8.92. The zero-order valence-electron chi connectivity index (χ0n) is 14.8. The van der Waals surface area contributed by atoms with Crippen LogP contribution in [0.1, 0.15) is 61.0 Å². The van der Waals surface area contributed by atoms with E-state index in [1.165, 1.54) is 0 Å². The Kier molecular flexibility index (Phi) is 6.05. The number of benzene rings is 2. The van der Waals surface area contributed by atoms with Crippen molar-refractivity contribution in [2.45, 2.75) is 39.5 Å². The molecular weight excluding hydrogens is 366 g/mol. The van der Waals surface area contributed by atoms with Crippen LogP contribution in [0.4, 0.5) is 5.69 Å². The van der Waals surface area contributed by atoms with Crippen LogP contribution in [0.2, 0.25) is 0 Å². The van der Waals surface area contributed by atoms with Crippen LogP contribution >= 0.6 is 15.9 Å². The van der Waals surface area contributed by atoms with Gasteiger partial charge < -0.3 is 10.1 Å². The van der Waals surface area contributed by atoms with Gasteiger partial charge in [-0.25, -0.2) is 0 Å². The van der Waals surface area contributed by atoms with E-state index < -0.39 is 0 Å². The summed E-state index contributed by atoms with van der Waals surface area (Å²) in [7, 11) is 1.70. The maximum Gasteiger partial charge on any atom is 0.256 e. The van der Waals surface area contributed by atoms with E-state index in [9.17, 15) is 4.79 Å². The van der Waals surface area contributed by atoms with Crippen molar-refractivity contribution in [3.05, 3.63) is 57.6 Å². The summed E-state index contributed by atoms with van der Waals surface area (Å²) in [5, 5.41) is 3.02. The first kappa shape index (κ1) is 18.5. The van der Waals surface area contributed by atoms with Crippen LogP contribution in [-0.2, 0) is 0 Å². The summed E-state index contributed by atoms with van der Waals surface area (Å²) in [6.07, 6.45) is 0. The van der Waals surface area contributed by atoms with E-state index in [2.05, 4.69) is 48.9 Å². The highest BCUT2D eigenvalue weighted by atomic mass is 79.9. The Hall–Kier alpha value is -1.81. The number of carbonyl (C=O) groups is 1. The molecule has 2 aromatic carbocycles. The molecule has 0 aliphatic carbocycles. The van der Waals surface area contributed by atoms with Gasteiger partial charge in [0.1, 0.15) is 5.75 Å². The van der Waals surface area contributed by atoms with Gasteiger partial charge in [-0.3, -0.25) is 4.79 Å². The van der Waals surface area contributed by atoms with Crippen molar-refractivity contribution in [1.29, 1.82) is 0 Å². The molecule has 0 aliphatic rings. The van der Waals surface area contributed by atoms with E-state index in [1.54, 1.807) is 13.2 Å². The van der Waals surface area contributed by atoms with Crippen molar-refractivity contribution in [2.75, 3.05) is 12.4 Å². The summed E-state index contributed by atoms with van der Waals surface area (Å²) in [6, 6.07) is 11.4. The molecule has 0 saturated carbocycles. The molecule has 0 atom stereocenters. The minimum Gasteiger partial charge on any atom is -0.496 e. The molecule has 4 heteroatoms. The summed E-state index contributed by atoms with van der Waals surface area (Å²) >= 11 is 3.43. The fourth-order valence-corrected chi connectivity index (χ4v) is 3.15. The highest BCUT2D eigenvalue weighted by Gasteiger charge is 2.18. The third-order valence-electron chi connectivity index (χ3n) is 3.97. The van der Waals surface area contributed by atoms with E-state index in [0.29, 0.717) is 17.4 Å². The third-order valence-corrected chi connectivity index (χ3v) is 4.66. The van der Waals surface area contributed by atoms with Gasteiger partial charge in [0.05, 0.1) is 12.7 Å². The van der Waals surface area contributed by atoms with Gasteiger partial charge in [-0.15, -0.1) is 0 Å². The molecule has 0 radical (unpaired) electrons. The lowest BCUT2D eigenvalue weighted by Crippen LogP contribution is -2.13. The molecule has 1 N–H and O–H groups in total. The summed E-state index contributed by atoms with van der Waals surface area (Å²) in [5.41, 5.74) is 3.62. The average molecular weight is 390 g/mol. The Labute approximate surface area is 152 Å². The number of nitrogens with one attached hydrogen (secondary N) is 1. The fraction of sp³-hybridized carbons (Fsp3) is 0.350. The van der Waals surface area contributed by atoms with E-state index in [0.717, 1.165) is 27.0 Å². The molecule has 0 fully saturated rings. The minimum absolute atomic E-state index is 0.128. The summed E-state index contributed by atoms with van der Waals surface area (Å²) in [5.74, 6) is 1.39. The zero-order valence-corrected chi connectivity index (χ0v) is 16.4. The number of ether oxygens (including phenoxy) is 1. The van der Waals surface area contributed by atoms with Crippen molar-refractivity contribution < 1.29 is 9.53 Å². The van der Waals surface area contributed by atoms with Crippen LogP contribution in [-0.4, -0.2) is 13.0 Å². The predicted octanol–water partition coefficient (Wildman–Crippen LogP) is 5.96. The van der Waals surface area contributed by atoms with E-state index in [-0.39, 0.29) is 5.91 Å². The predicted molar refractivity (Wildman–Crippen MR) is 103 cm³/mol. The quantitative estimate of drug-likeness (QED) is 0.684. The number of halogens is 1. The third kappa shape index (κ3) is 3.99. The van der Waals surface area contributed by atoms with E-state index in [4.69, 9.17) is 4.74 Å². The molecule has 0 heterocycles. The van der Waals surface area contributed by atoms with Gasteiger partial charge in [0.2, 0.25) is 0 Å². The van der Waals surface area contributed by atoms with Crippen molar-refractivity contribution in [1.82, 2.24) is 0 Å². The lowest BCUT2D eigenvalue weighted by molar-refractivity contribution is 0.102. The Balaban J connectivity index is 2.44. The first-order chi connectivity index (χ1) is 11.3. The SMILES string of the molecule is COc1c(C(C)C)cc(NC(=O)c2ccccc2Br)cc1C(C)C. The molecule has 0 aromatic heterocycles. The molecular formula is C20H24BrNO2. The monoisotopic (exact) mass is 389 g/mol. The molecule has 3 nitrogen and oxygen atoms in total. The van der Waals surface area contributed by atoms with Gasteiger partial charge in [0, 0.05) is 10.2 Å². The molecule has 2 rings (SSSR count). The van der Waals surface area contributed by atoms with Gasteiger partial charge in [-0.1, -0.05) is 39.8 Å². The molecule has 0 aliphatic heterocycles. The number of rotatable bonds is 5. The van der Waals surface area contributed by atoms with E-state index in [1.807, 2.05) is 30.3 Å². The Bertz CT molecular complexity index is 709. The number of hydrogen-bond acceptors (Lipinski definition) is 2. The van der Waals surface area contributed by atoms with Crippen molar-refractivity contribution in [2.24, 2.45) is 0 Å². The second kappa shape index (κ2) is 7.84. The van der Waals surface area contributed by atoms with E-state index >= 15 is 0 Å². The van der Waals surface area contributed by atoms with Crippen LogP contribution in [0.15, 0.2) is 40.9 Å². The van der Waals surface area contributed by atoms with Crippen molar-refractivity contribution in [3.63, 3.8) is 0 Å². The van der Waals surface area contributed by atoms with Crippen LogP contribution in [0.25, 0.3) is 0 Å². The number of amides is 1. The second-order valence-corrected chi connectivity index (χ2v) is 7.29. The average Bonchev–Trinajstić information content (AvgIpc) is 2.54. The topological polar surface area (TPSA) is 38.3 Å². The number of anilines is 1. The molecule has 24 heavy (non-hydrogen) atoms. The first-order valence-electron chi connectivity index (χ1n) is 8.12. The number of methoxy groups -OCH3 is 1. The highest BCUT2D eigenvalue weighted by molar-refractivity contribution is 9.10. The van der Waals surface area contributed by atoms with Crippen LogP contribution in [0.5, 0.6) is 5.75 Å². The minimum atomic E-state index is -0.128. The smallest absolute Gasteiger partial charge is 0.256 e. The maximum atomic E-state index is 12.6.